The Kier molecular flexibility index (Phi) is 5.41. The summed E-state index contributed by atoms with van der Waals surface area (Å²) in [6, 6.07) is 13.0. The van der Waals surface area contributed by atoms with Crippen molar-refractivity contribution in [2.45, 2.75) is 12.8 Å². The van der Waals surface area contributed by atoms with E-state index >= 15 is 0 Å². The second-order valence-corrected chi connectivity index (χ2v) is 7.14. The number of esters is 1. The van der Waals surface area contributed by atoms with Gasteiger partial charge in [-0.1, -0.05) is 25.1 Å². The predicted octanol–water partition coefficient (Wildman–Crippen LogP) is 2.22. The van der Waals surface area contributed by atoms with Gasteiger partial charge in [0.05, 0.1) is 36.1 Å². The maximum absolute atomic E-state index is 11.8. The van der Waals surface area contributed by atoms with Gasteiger partial charge in [0.15, 0.2) is 5.41 Å². The molecule has 0 fully saturated rings. The lowest BCUT2D eigenvalue weighted by Crippen LogP contribution is -2.48. The minimum atomic E-state index is -1.67. The molecule has 1 aliphatic heterocycles. The Morgan fingerprint density at radius 3 is 2.45 bits per heavy atom. The number of fused-ring (bicyclic) bond motifs is 1. The van der Waals surface area contributed by atoms with Crippen molar-refractivity contribution in [3.63, 3.8) is 0 Å². The molecule has 0 amide bonds. The van der Waals surface area contributed by atoms with Crippen LogP contribution in [0.4, 0.5) is 0 Å². The number of allylic oxidation sites excluding steroid dienone is 2. The molecule has 3 rings (SSSR count). The van der Waals surface area contributed by atoms with Gasteiger partial charge in [-0.25, -0.2) is 4.79 Å². The number of carbonyl (C=O) groups is 1. The summed E-state index contributed by atoms with van der Waals surface area (Å²) in [7, 11) is 1.31. The zero-order valence-electron chi connectivity index (χ0n) is 16.3. The molecule has 1 aliphatic carbocycles. The van der Waals surface area contributed by atoms with Crippen molar-refractivity contribution in [2.24, 2.45) is 17.1 Å². The van der Waals surface area contributed by atoms with Crippen molar-refractivity contribution in [3.8, 4) is 18.2 Å². The van der Waals surface area contributed by atoms with Crippen molar-refractivity contribution < 1.29 is 9.53 Å². The molecule has 29 heavy (non-hydrogen) atoms. The molecule has 0 unspecified atom stereocenters. The molecule has 0 aromatic heterocycles. The van der Waals surface area contributed by atoms with Crippen LogP contribution < -0.4 is 5.73 Å². The molecule has 1 aromatic carbocycles. The smallest absolute Gasteiger partial charge is 0.337 e. The topological polar surface area (TPSA) is 127 Å². The lowest BCUT2D eigenvalue weighted by Gasteiger charge is -2.45. The van der Waals surface area contributed by atoms with Crippen LogP contribution >= 0.6 is 0 Å². The highest BCUT2D eigenvalue weighted by molar-refractivity contribution is 5.89. The Balaban J connectivity index is 2.23. The number of benzene rings is 1. The predicted molar refractivity (Wildman–Crippen MR) is 105 cm³/mol. The minimum absolute atomic E-state index is 0.000470. The normalized spacial score (nSPS) is 23.1. The van der Waals surface area contributed by atoms with Crippen LogP contribution in [0.25, 0.3) is 0 Å². The molecule has 1 aromatic rings. The van der Waals surface area contributed by atoms with Crippen molar-refractivity contribution in [3.05, 3.63) is 58.3 Å². The summed E-state index contributed by atoms with van der Waals surface area (Å²) < 4.78 is 4.74. The van der Waals surface area contributed by atoms with Crippen LogP contribution in [-0.4, -0.2) is 37.6 Å². The molecule has 7 heteroatoms. The van der Waals surface area contributed by atoms with Gasteiger partial charge in [0.1, 0.15) is 6.07 Å². The van der Waals surface area contributed by atoms with Crippen molar-refractivity contribution in [2.75, 3.05) is 26.7 Å². The number of nitriles is 3. The Labute approximate surface area is 169 Å². The monoisotopic (exact) mass is 387 g/mol. The van der Waals surface area contributed by atoms with Gasteiger partial charge >= 0.3 is 5.97 Å². The van der Waals surface area contributed by atoms with E-state index in [1.54, 1.807) is 24.3 Å². The van der Waals surface area contributed by atoms with Gasteiger partial charge in [-0.3, -0.25) is 4.90 Å². The Hall–Kier alpha value is -3.60. The molecule has 0 radical (unpaired) electrons. The van der Waals surface area contributed by atoms with Gasteiger partial charge in [-0.05, 0) is 29.8 Å². The average Bonchev–Trinajstić information content (AvgIpc) is 2.77. The molecule has 0 spiro atoms. The van der Waals surface area contributed by atoms with E-state index in [1.807, 2.05) is 13.0 Å². The number of methoxy groups -OCH3 is 1. The summed E-state index contributed by atoms with van der Waals surface area (Å²) >= 11 is 0. The van der Waals surface area contributed by atoms with Crippen LogP contribution in [0.1, 0.15) is 28.8 Å². The van der Waals surface area contributed by atoms with Gasteiger partial charge in [-0.15, -0.1) is 0 Å². The first-order valence-corrected chi connectivity index (χ1v) is 9.31. The number of hydrogen-bond donors (Lipinski definition) is 1. The van der Waals surface area contributed by atoms with Crippen LogP contribution in [0.3, 0.4) is 0 Å². The Morgan fingerprint density at radius 1 is 1.28 bits per heavy atom. The average molecular weight is 387 g/mol. The Morgan fingerprint density at radius 2 is 1.93 bits per heavy atom. The largest absolute Gasteiger partial charge is 0.465 e. The number of ether oxygens (including phenoxy) is 1. The molecule has 146 valence electrons. The standard InChI is InChI=1S/C22H21N5O2/c1-3-27-9-8-16-17(10-23)20(26)22(12-24,13-25)19(18(16)11-27)14-4-6-15(7-5-14)21(28)29-2/h4-8,18-19H,3,9,11,26H2,1-2H3/t18-,19+/m0/s1. The third kappa shape index (κ3) is 3.05. The fourth-order valence-electron chi connectivity index (χ4n) is 4.32. The van der Waals surface area contributed by atoms with Gasteiger partial charge in [0.2, 0.25) is 0 Å². The molecule has 2 aliphatic rings. The number of hydrogen-bond acceptors (Lipinski definition) is 7. The van der Waals surface area contributed by atoms with E-state index in [-0.39, 0.29) is 17.2 Å². The van der Waals surface area contributed by atoms with Crippen LogP contribution in [0.2, 0.25) is 0 Å². The number of nitrogens with two attached hydrogens (primary N) is 1. The third-order valence-corrected chi connectivity index (χ3v) is 5.88. The lowest BCUT2D eigenvalue weighted by molar-refractivity contribution is 0.0600. The van der Waals surface area contributed by atoms with Crippen molar-refractivity contribution in [1.82, 2.24) is 4.90 Å². The molecule has 2 N–H and O–H groups in total. The minimum Gasteiger partial charge on any atom is -0.465 e. The summed E-state index contributed by atoms with van der Waals surface area (Å²) in [6.45, 7) is 4.14. The summed E-state index contributed by atoms with van der Waals surface area (Å²) in [6.07, 6.45) is 1.97. The van der Waals surface area contributed by atoms with E-state index in [1.165, 1.54) is 7.11 Å². The second-order valence-electron chi connectivity index (χ2n) is 7.14. The zero-order chi connectivity index (χ0) is 21.2. The molecule has 7 nitrogen and oxygen atoms in total. The van der Waals surface area contributed by atoms with E-state index in [4.69, 9.17) is 10.5 Å². The zero-order valence-corrected chi connectivity index (χ0v) is 16.3. The molecule has 2 atom stereocenters. The van der Waals surface area contributed by atoms with Crippen LogP contribution in [0.5, 0.6) is 0 Å². The highest BCUT2D eigenvalue weighted by Gasteiger charge is 2.54. The first-order valence-electron chi connectivity index (χ1n) is 9.31. The van der Waals surface area contributed by atoms with Crippen LogP contribution in [0.15, 0.2) is 47.2 Å². The van der Waals surface area contributed by atoms with Gasteiger partial charge in [0.25, 0.3) is 0 Å². The fraction of sp³-hybridized carbons (Fsp3) is 0.364. The molecule has 0 saturated carbocycles. The summed E-state index contributed by atoms with van der Waals surface area (Å²) in [5.74, 6) is -1.27. The van der Waals surface area contributed by atoms with Gasteiger partial charge in [-0.2, -0.15) is 15.8 Å². The van der Waals surface area contributed by atoms with Gasteiger partial charge < -0.3 is 10.5 Å². The number of rotatable bonds is 3. The third-order valence-electron chi connectivity index (χ3n) is 5.88. The summed E-state index contributed by atoms with van der Waals surface area (Å²) in [5.41, 5.74) is 6.72. The maximum Gasteiger partial charge on any atom is 0.337 e. The highest BCUT2D eigenvalue weighted by atomic mass is 16.5. The molecular formula is C22H21N5O2. The van der Waals surface area contributed by atoms with E-state index in [0.29, 0.717) is 18.7 Å². The molecular weight excluding hydrogens is 366 g/mol. The van der Waals surface area contributed by atoms with E-state index in [2.05, 4.69) is 23.1 Å². The number of nitrogens with zero attached hydrogens (tertiary/aromatic N) is 4. The quantitative estimate of drug-likeness (QED) is 0.788. The highest BCUT2D eigenvalue weighted by Crippen LogP contribution is 2.54. The number of likely N-dealkylation sites (N-methyl/N-ethyl adjacent to an activating group) is 1. The van der Waals surface area contributed by atoms with E-state index in [0.717, 1.165) is 17.7 Å². The van der Waals surface area contributed by atoms with Crippen LogP contribution in [0, 0.1) is 45.3 Å². The van der Waals surface area contributed by atoms with Crippen molar-refractivity contribution in [1.29, 1.82) is 15.8 Å². The second kappa shape index (κ2) is 7.80. The number of carbonyl (C=O) groups excluding carboxylic acids is 1. The maximum atomic E-state index is 11.8. The first kappa shape index (κ1) is 20.1. The molecule has 0 saturated heterocycles. The molecule has 1 heterocycles. The Bertz CT molecular complexity index is 1000. The lowest BCUT2D eigenvalue weighted by atomic mass is 9.58. The SMILES string of the molecule is CCN1CC=C2C(C#N)=C(N)C(C#N)(C#N)[C@H](c3ccc(C(=O)OC)cc3)[C@H]2C1. The summed E-state index contributed by atoms with van der Waals surface area (Å²) in [4.78, 5) is 14.0. The molecule has 0 bridgehead atoms. The van der Waals surface area contributed by atoms with Crippen LogP contribution in [-0.2, 0) is 4.74 Å². The van der Waals surface area contributed by atoms with Gasteiger partial charge in [0, 0.05) is 24.9 Å². The first-order chi connectivity index (χ1) is 14.0. The van der Waals surface area contributed by atoms with E-state index in [9.17, 15) is 20.6 Å². The fourth-order valence-corrected chi connectivity index (χ4v) is 4.32. The van der Waals surface area contributed by atoms with E-state index < -0.39 is 17.3 Å². The summed E-state index contributed by atoms with van der Waals surface area (Å²) in [5, 5.41) is 29.8. The van der Waals surface area contributed by atoms with Crippen molar-refractivity contribution >= 4 is 5.97 Å².